The number of morpholine rings is 1. The number of hydrogen-bond acceptors (Lipinski definition) is 6. The van der Waals surface area contributed by atoms with Gasteiger partial charge in [-0.2, -0.15) is 0 Å². The summed E-state index contributed by atoms with van der Waals surface area (Å²) >= 11 is 5.34. The van der Waals surface area contributed by atoms with E-state index in [9.17, 15) is 0 Å². The summed E-state index contributed by atoms with van der Waals surface area (Å²) in [7, 11) is 0. The number of anilines is 1. The largest absolute Gasteiger partial charge is 0.409 e. The molecule has 1 aliphatic rings. The number of nitrogens with zero attached hydrogens (tertiary/aromatic N) is 4. The lowest BCUT2D eigenvalue weighted by molar-refractivity contribution is -0.0309. The first kappa shape index (κ1) is 18.1. The summed E-state index contributed by atoms with van der Waals surface area (Å²) in [6.45, 7) is 11.5. The van der Waals surface area contributed by atoms with Crippen LogP contribution in [0.1, 0.15) is 20.8 Å². The highest BCUT2D eigenvalue weighted by Gasteiger charge is 2.18. The molecule has 1 fully saturated rings. The van der Waals surface area contributed by atoms with Crippen LogP contribution in [0.2, 0.25) is 0 Å². The van der Waals surface area contributed by atoms with Crippen molar-refractivity contribution in [3.63, 3.8) is 0 Å². The maximum Gasteiger partial charge on any atom is 0.288 e. The number of rotatable bonds is 6. The molecular formula is C18H26N4O2S. The van der Waals surface area contributed by atoms with E-state index >= 15 is 0 Å². The van der Waals surface area contributed by atoms with E-state index in [4.69, 9.17) is 21.4 Å². The predicted octanol–water partition coefficient (Wildman–Crippen LogP) is 3.40. The fourth-order valence-electron chi connectivity index (χ4n) is 3.12. The molecule has 1 unspecified atom stereocenters. The van der Waals surface area contributed by atoms with Crippen LogP contribution < -0.4 is 4.90 Å². The van der Waals surface area contributed by atoms with Gasteiger partial charge in [-0.1, -0.05) is 0 Å². The van der Waals surface area contributed by atoms with E-state index in [1.54, 1.807) is 4.68 Å². The summed E-state index contributed by atoms with van der Waals surface area (Å²) in [5, 5.41) is 4.56. The Morgan fingerprint density at radius 3 is 2.60 bits per heavy atom. The third-order valence-corrected chi connectivity index (χ3v) is 4.80. The molecule has 136 valence electrons. The van der Waals surface area contributed by atoms with Crippen molar-refractivity contribution in [2.24, 2.45) is 0 Å². The molecule has 7 heteroatoms. The van der Waals surface area contributed by atoms with Crippen LogP contribution in [0.15, 0.2) is 28.7 Å². The molecule has 6 nitrogen and oxygen atoms in total. The Balaban J connectivity index is 1.74. The fraction of sp³-hybridized carbons (Fsp3) is 0.556. The van der Waals surface area contributed by atoms with Crippen LogP contribution in [0.25, 0.3) is 11.5 Å². The van der Waals surface area contributed by atoms with Crippen LogP contribution in [0.5, 0.6) is 0 Å². The minimum absolute atomic E-state index is 0.238. The summed E-state index contributed by atoms with van der Waals surface area (Å²) in [5.41, 5.74) is 2.14. The van der Waals surface area contributed by atoms with Crippen molar-refractivity contribution in [1.82, 2.24) is 14.7 Å². The number of aromatic nitrogens is 2. The maximum absolute atomic E-state index is 5.72. The molecule has 25 heavy (non-hydrogen) atoms. The molecule has 2 heterocycles. The average molecular weight is 362 g/mol. The van der Waals surface area contributed by atoms with Crippen molar-refractivity contribution in [3.05, 3.63) is 29.1 Å². The van der Waals surface area contributed by atoms with Crippen LogP contribution in [-0.4, -0.2) is 53.6 Å². The highest BCUT2D eigenvalue weighted by molar-refractivity contribution is 7.71. The summed E-state index contributed by atoms with van der Waals surface area (Å²) in [5.74, 6) is 0.567. The van der Waals surface area contributed by atoms with Crippen molar-refractivity contribution >= 4 is 17.9 Å². The van der Waals surface area contributed by atoms with Crippen molar-refractivity contribution in [1.29, 1.82) is 0 Å². The highest BCUT2D eigenvalue weighted by atomic mass is 32.1. The summed E-state index contributed by atoms with van der Waals surface area (Å²) < 4.78 is 13.0. The van der Waals surface area contributed by atoms with E-state index in [0.29, 0.717) is 17.4 Å². The molecule has 0 amide bonds. The summed E-state index contributed by atoms with van der Waals surface area (Å²) in [6.07, 6.45) is 0.238. The van der Waals surface area contributed by atoms with E-state index in [0.717, 1.165) is 38.3 Å². The summed E-state index contributed by atoms with van der Waals surface area (Å²) in [4.78, 5) is 4.99. The quantitative estimate of drug-likeness (QED) is 0.734. The van der Waals surface area contributed by atoms with Gasteiger partial charge in [-0.05, 0) is 57.3 Å². The van der Waals surface area contributed by atoms with Gasteiger partial charge in [-0.25, -0.2) is 4.68 Å². The molecule has 0 spiro atoms. The van der Waals surface area contributed by atoms with Gasteiger partial charge in [0.2, 0.25) is 5.89 Å². The Hall–Kier alpha value is -1.70. The molecule has 1 aromatic heterocycles. The number of ether oxygens (including phenoxy) is 1. The lowest BCUT2D eigenvalue weighted by atomic mass is 10.2. The monoisotopic (exact) mass is 362 g/mol. The van der Waals surface area contributed by atoms with Crippen molar-refractivity contribution in [3.8, 4) is 11.5 Å². The Morgan fingerprint density at radius 1 is 1.24 bits per heavy atom. The van der Waals surface area contributed by atoms with E-state index in [1.165, 1.54) is 5.69 Å². The van der Waals surface area contributed by atoms with Gasteiger partial charge in [0, 0.05) is 37.4 Å². The first-order valence-corrected chi connectivity index (χ1v) is 9.28. The van der Waals surface area contributed by atoms with Gasteiger partial charge in [-0.3, -0.25) is 4.90 Å². The molecule has 3 rings (SSSR count). The summed E-state index contributed by atoms with van der Waals surface area (Å²) in [6, 6.07) is 8.28. The average Bonchev–Trinajstić information content (AvgIpc) is 2.97. The van der Waals surface area contributed by atoms with Crippen molar-refractivity contribution in [2.75, 3.05) is 37.7 Å². The second-order valence-electron chi connectivity index (χ2n) is 6.29. The minimum Gasteiger partial charge on any atom is -0.409 e. The zero-order valence-corrected chi connectivity index (χ0v) is 16.0. The second-order valence-corrected chi connectivity index (χ2v) is 6.64. The Kier molecular flexibility index (Phi) is 5.88. The van der Waals surface area contributed by atoms with Crippen LogP contribution in [0.3, 0.4) is 0 Å². The molecule has 0 aliphatic carbocycles. The normalized spacial score (nSPS) is 18.4. The van der Waals surface area contributed by atoms with Gasteiger partial charge in [0.05, 0.1) is 19.4 Å². The molecule has 0 N–H and O–H groups in total. The van der Waals surface area contributed by atoms with Gasteiger partial charge in [0.1, 0.15) is 0 Å². The SMILES string of the molecule is CCN(CC)c1ccc(-c2nn(CN3CCOC(C)C3)c(=S)o2)cc1. The molecule has 1 atom stereocenters. The molecule has 0 saturated carbocycles. The first-order valence-electron chi connectivity index (χ1n) is 8.88. The van der Waals surface area contributed by atoms with Gasteiger partial charge in [-0.15, -0.1) is 5.10 Å². The zero-order chi connectivity index (χ0) is 17.8. The molecular weight excluding hydrogens is 336 g/mol. The molecule has 0 bridgehead atoms. The van der Waals surface area contributed by atoms with Gasteiger partial charge < -0.3 is 14.1 Å². The Morgan fingerprint density at radius 2 is 1.96 bits per heavy atom. The highest BCUT2D eigenvalue weighted by Crippen LogP contribution is 2.22. The number of hydrogen-bond donors (Lipinski definition) is 0. The Bertz CT molecular complexity index is 736. The van der Waals surface area contributed by atoms with E-state index < -0.39 is 0 Å². The Labute approximate surface area is 154 Å². The fourth-order valence-corrected chi connectivity index (χ4v) is 3.30. The van der Waals surface area contributed by atoms with E-state index in [-0.39, 0.29) is 6.10 Å². The third kappa shape index (κ3) is 4.29. The van der Waals surface area contributed by atoms with Gasteiger partial charge >= 0.3 is 0 Å². The molecule has 1 aliphatic heterocycles. The molecule has 2 aromatic rings. The molecule has 0 radical (unpaired) electrons. The van der Waals surface area contributed by atoms with Crippen LogP contribution in [0, 0.1) is 4.84 Å². The lowest BCUT2D eigenvalue weighted by Gasteiger charge is -2.30. The maximum atomic E-state index is 5.72. The lowest BCUT2D eigenvalue weighted by Crippen LogP contribution is -2.42. The first-order chi connectivity index (χ1) is 12.1. The van der Waals surface area contributed by atoms with Crippen molar-refractivity contribution < 1.29 is 9.15 Å². The van der Waals surface area contributed by atoms with Crippen molar-refractivity contribution in [2.45, 2.75) is 33.5 Å². The third-order valence-electron chi connectivity index (χ3n) is 4.51. The standard InChI is InChI=1S/C18H26N4O2S/c1-4-21(5-2)16-8-6-15(7-9-16)17-19-22(18(25)24-17)13-20-10-11-23-14(3)12-20/h6-9,14H,4-5,10-13H2,1-3H3. The van der Waals surface area contributed by atoms with Gasteiger partial charge in [0.15, 0.2) is 0 Å². The smallest absolute Gasteiger partial charge is 0.288 e. The van der Waals surface area contributed by atoms with Crippen LogP contribution in [-0.2, 0) is 11.4 Å². The zero-order valence-electron chi connectivity index (χ0n) is 15.1. The van der Waals surface area contributed by atoms with E-state index in [2.05, 4.69) is 47.8 Å². The van der Waals surface area contributed by atoms with Crippen LogP contribution in [0.4, 0.5) is 5.69 Å². The van der Waals surface area contributed by atoms with E-state index in [1.807, 2.05) is 12.1 Å². The minimum atomic E-state index is 0.238. The predicted molar refractivity (Wildman–Crippen MR) is 101 cm³/mol. The molecule has 1 saturated heterocycles. The molecule has 1 aromatic carbocycles. The van der Waals surface area contributed by atoms with Crippen LogP contribution >= 0.6 is 12.2 Å². The second kappa shape index (κ2) is 8.12. The topological polar surface area (TPSA) is 46.7 Å². The number of benzene rings is 1. The van der Waals surface area contributed by atoms with Gasteiger partial charge in [0.25, 0.3) is 4.84 Å².